The molecule has 0 saturated heterocycles. The number of hydrogen-bond acceptors (Lipinski definition) is 2. The van der Waals surface area contributed by atoms with Gasteiger partial charge in [-0.15, -0.1) is 0 Å². The summed E-state index contributed by atoms with van der Waals surface area (Å²) >= 11 is 0. The van der Waals surface area contributed by atoms with Gasteiger partial charge in [-0.1, -0.05) is 6.07 Å². The Kier molecular flexibility index (Phi) is 4.43. The van der Waals surface area contributed by atoms with E-state index in [-0.39, 0.29) is 11.7 Å². The SMILES string of the molecule is Cc1c(F)cccc1C(=O)NCCN(C)C. The minimum Gasteiger partial charge on any atom is -0.351 e. The second kappa shape index (κ2) is 5.61. The zero-order valence-corrected chi connectivity index (χ0v) is 9.88. The van der Waals surface area contributed by atoms with Crippen molar-refractivity contribution in [1.82, 2.24) is 10.2 Å². The fourth-order valence-corrected chi connectivity index (χ4v) is 1.34. The van der Waals surface area contributed by atoms with Gasteiger partial charge >= 0.3 is 0 Å². The molecule has 0 aliphatic carbocycles. The number of hydrogen-bond donors (Lipinski definition) is 1. The lowest BCUT2D eigenvalue weighted by molar-refractivity contribution is 0.0950. The molecule has 0 aliphatic rings. The average molecular weight is 224 g/mol. The number of nitrogens with zero attached hydrogens (tertiary/aromatic N) is 1. The Morgan fingerprint density at radius 1 is 1.44 bits per heavy atom. The van der Waals surface area contributed by atoms with Gasteiger partial charge in [0.25, 0.3) is 5.91 Å². The van der Waals surface area contributed by atoms with E-state index in [1.165, 1.54) is 6.07 Å². The van der Waals surface area contributed by atoms with Crippen LogP contribution in [0.25, 0.3) is 0 Å². The van der Waals surface area contributed by atoms with Gasteiger partial charge in [-0.05, 0) is 38.7 Å². The molecule has 0 heterocycles. The van der Waals surface area contributed by atoms with E-state index in [4.69, 9.17) is 0 Å². The van der Waals surface area contributed by atoms with E-state index in [2.05, 4.69) is 5.32 Å². The van der Waals surface area contributed by atoms with Crippen LogP contribution in [0.2, 0.25) is 0 Å². The monoisotopic (exact) mass is 224 g/mol. The summed E-state index contributed by atoms with van der Waals surface area (Å²) in [6.07, 6.45) is 0. The van der Waals surface area contributed by atoms with Crippen molar-refractivity contribution in [3.8, 4) is 0 Å². The first-order valence-electron chi connectivity index (χ1n) is 5.20. The molecule has 88 valence electrons. The van der Waals surface area contributed by atoms with Crippen molar-refractivity contribution in [2.45, 2.75) is 6.92 Å². The molecule has 0 spiro atoms. The summed E-state index contributed by atoms with van der Waals surface area (Å²) in [6.45, 7) is 2.93. The van der Waals surface area contributed by atoms with E-state index in [1.54, 1.807) is 19.1 Å². The maximum absolute atomic E-state index is 13.2. The predicted molar refractivity (Wildman–Crippen MR) is 62.0 cm³/mol. The Labute approximate surface area is 95.3 Å². The number of benzene rings is 1. The van der Waals surface area contributed by atoms with Gasteiger partial charge in [-0.3, -0.25) is 4.79 Å². The number of carbonyl (C=O) groups excluding carboxylic acids is 1. The molecule has 0 bridgehead atoms. The van der Waals surface area contributed by atoms with Gasteiger partial charge in [0.2, 0.25) is 0 Å². The van der Waals surface area contributed by atoms with Crippen molar-refractivity contribution in [1.29, 1.82) is 0 Å². The summed E-state index contributed by atoms with van der Waals surface area (Å²) in [5.41, 5.74) is 0.795. The standard InChI is InChI=1S/C12H17FN2O/c1-9-10(5-4-6-11(9)13)12(16)14-7-8-15(2)3/h4-6H,7-8H2,1-3H3,(H,14,16). The normalized spacial score (nSPS) is 10.6. The van der Waals surface area contributed by atoms with Gasteiger partial charge in [0, 0.05) is 18.7 Å². The molecule has 1 aromatic rings. The molecule has 1 aromatic carbocycles. The van der Waals surface area contributed by atoms with Crippen molar-refractivity contribution < 1.29 is 9.18 Å². The van der Waals surface area contributed by atoms with Gasteiger partial charge in [0.05, 0.1) is 0 Å². The van der Waals surface area contributed by atoms with Crippen molar-refractivity contribution in [2.24, 2.45) is 0 Å². The van der Waals surface area contributed by atoms with Gasteiger partial charge in [-0.25, -0.2) is 4.39 Å². The first-order valence-corrected chi connectivity index (χ1v) is 5.20. The van der Waals surface area contributed by atoms with Gasteiger partial charge < -0.3 is 10.2 Å². The Hall–Kier alpha value is -1.42. The lowest BCUT2D eigenvalue weighted by atomic mass is 10.1. The van der Waals surface area contributed by atoms with Crippen LogP contribution in [0.4, 0.5) is 4.39 Å². The summed E-state index contributed by atoms with van der Waals surface area (Å²) in [6, 6.07) is 4.53. The van der Waals surface area contributed by atoms with Gasteiger partial charge in [0.15, 0.2) is 0 Å². The van der Waals surface area contributed by atoms with E-state index >= 15 is 0 Å². The fourth-order valence-electron chi connectivity index (χ4n) is 1.34. The van der Waals surface area contributed by atoms with Crippen LogP contribution in [0.15, 0.2) is 18.2 Å². The molecule has 0 unspecified atom stereocenters. The number of amides is 1. The molecule has 4 heteroatoms. The molecule has 16 heavy (non-hydrogen) atoms. The molecule has 3 nitrogen and oxygen atoms in total. The summed E-state index contributed by atoms with van der Waals surface area (Å²) in [4.78, 5) is 13.7. The lowest BCUT2D eigenvalue weighted by Crippen LogP contribution is -2.31. The van der Waals surface area contributed by atoms with Crippen molar-refractivity contribution in [2.75, 3.05) is 27.2 Å². The number of likely N-dealkylation sites (N-methyl/N-ethyl adjacent to an activating group) is 1. The zero-order chi connectivity index (χ0) is 12.1. The van der Waals surface area contributed by atoms with E-state index in [9.17, 15) is 9.18 Å². The largest absolute Gasteiger partial charge is 0.351 e. The van der Waals surface area contributed by atoms with Gasteiger partial charge in [0.1, 0.15) is 5.82 Å². The third-order valence-corrected chi connectivity index (χ3v) is 2.36. The van der Waals surface area contributed by atoms with Gasteiger partial charge in [-0.2, -0.15) is 0 Å². The molecule has 0 atom stereocenters. The second-order valence-electron chi connectivity index (χ2n) is 3.97. The smallest absolute Gasteiger partial charge is 0.251 e. The molecule has 1 N–H and O–H groups in total. The van der Waals surface area contributed by atoms with Crippen molar-refractivity contribution >= 4 is 5.91 Å². The molecule has 0 aliphatic heterocycles. The topological polar surface area (TPSA) is 32.3 Å². The van der Waals surface area contributed by atoms with Crippen LogP contribution in [-0.2, 0) is 0 Å². The Balaban J connectivity index is 2.63. The van der Waals surface area contributed by atoms with Crippen LogP contribution >= 0.6 is 0 Å². The average Bonchev–Trinajstić information content (AvgIpc) is 2.21. The predicted octanol–water partition coefficient (Wildman–Crippen LogP) is 1.43. The maximum Gasteiger partial charge on any atom is 0.251 e. The lowest BCUT2D eigenvalue weighted by Gasteiger charge is -2.11. The quantitative estimate of drug-likeness (QED) is 0.839. The first kappa shape index (κ1) is 12.6. The maximum atomic E-state index is 13.2. The van der Waals surface area contributed by atoms with Crippen molar-refractivity contribution in [3.05, 3.63) is 35.1 Å². The van der Waals surface area contributed by atoms with Crippen LogP contribution in [0.1, 0.15) is 15.9 Å². The molecule has 0 saturated carbocycles. The fraction of sp³-hybridized carbons (Fsp3) is 0.417. The number of rotatable bonds is 4. The third kappa shape index (κ3) is 3.31. The highest BCUT2D eigenvalue weighted by molar-refractivity contribution is 5.95. The first-order chi connectivity index (χ1) is 7.52. The summed E-state index contributed by atoms with van der Waals surface area (Å²) < 4.78 is 13.2. The second-order valence-corrected chi connectivity index (χ2v) is 3.97. The summed E-state index contributed by atoms with van der Waals surface area (Å²) in [5, 5.41) is 2.75. The molecule has 0 radical (unpaired) electrons. The van der Waals surface area contributed by atoms with Crippen LogP contribution in [-0.4, -0.2) is 38.0 Å². The molecule has 0 fully saturated rings. The molecular formula is C12H17FN2O. The van der Waals surface area contributed by atoms with Crippen LogP contribution < -0.4 is 5.32 Å². The van der Waals surface area contributed by atoms with Crippen molar-refractivity contribution in [3.63, 3.8) is 0 Å². The highest BCUT2D eigenvalue weighted by Crippen LogP contribution is 2.11. The van der Waals surface area contributed by atoms with E-state index in [0.29, 0.717) is 17.7 Å². The Morgan fingerprint density at radius 3 is 2.75 bits per heavy atom. The molecular weight excluding hydrogens is 207 g/mol. The molecule has 0 aromatic heterocycles. The summed E-state index contributed by atoms with van der Waals surface area (Å²) in [5.74, 6) is -0.570. The van der Waals surface area contributed by atoms with Crippen LogP contribution in [0.5, 0.6) is 0 Å². The Bertz CT molecular complexity index is 377. The highest BCUT2D eigenvalue weighted by atomic mass is 19.1. The number of carbonyl (C=O) groups is 1. The highest BCUT2D eigenvalue weighted by Gasteiger charge is 2.10. The van der Waals surface area contributed by atoms with Crippen LogP contribution in [0.3, 0.4) is 0 Å². The molecule has 1 amide bonds. The Morgan fingerprint density at radius 2 is 2.12 bits per heavy atom. The third-order valence-electron chi connectivity index (χ3n) is 2.36. The van der Waals surface area contributed by atoms with E-state index in [1.807, 2.05) is 19.0 Å². The summed E-state index contributed by atoms with van der Waals surface area (Å²) in [7, 11) is 3.86. The zero-order valence-electron chi connectivity index (χ0n) is 9.88. The number of nitrogens with one attached hydrogen (secondary N) is 1. The minimum absolute atomic E-state index is 0.223. The number of halogens is 1. The minimum atomic E-state index is -0.347. The molecule has 1 rings (SSSR count). The van der Waals surface area contributed by atoms with E-state index < -0.39 is 0 Å². The van der Waals surface area contributed by atoms with Crippen LogP contribution in [0, 0.1) is 12.7 Å². The van der Waals surface area contributed by atoms with E-state index in [0.717, 1.165) is 6.54 Å².